The molecular weight excluding hydrogens is 242 g/mol. The van der Waals surface area contributed by atoms with Crippen molar-refractivity contribution in [1.82, 2.24) is 0 Å². The predicted octanol–water partition coefficient (Wildman–Crippen LogP) is 1.13. The first kappa shape index (κ1) is 13.9. The van der Waals surface area contributed by atoms with Crippen molar-refractivity contribution in [3.63, 3.8) is 0 Å². The highest BCUT2D eigenvalue weighted by atomic mass is 16.3. The van der Waals surface area contributed by atoms with Gasteiger partial charge in [-0.15, -0.1) is 0 Å². The lowest BCUT2D eigenvalue weighted by Crippen LogP contribution is -2.23. The number of aliphatic hydroxyl groups is 1. The van der Waals surface area contributed by atoms with Gasteiger partial charge in [-0.25, -0.2) is 0 Å². The standard InChI is InChI=1S/C15H19NO3/c1-15(2)11(8-17)13(15)9-3-5-10(6-4-9)14(19)12(18)7-16/h3-6,11,13,17H,7-8,16H2,1-2H3/t11-,13-/m0/s1. The first-order valence-electron chi connectivity index (χ1n) is 6.42. The highest BCUT2D eigenvalue weighted by molar-refractivity contribution is 6.44. The quantitative estimate of drug-likeness (QED) is 0.615. The van der Waals surface area contributed by atoms with Gasteiger partial charge in [-0.05, 0) is 22.8 Å². The smallest absolute Gasteiger partial charge is 0.229 e. The molecule has 4 heteroatoms. The molecule has 2 rings (SSSR count). The van der Waals surface area contributed by atoms with Gasteiger partial charge in [0.2, 0.25) is 11.6 Å². The van der Waals surface area contributed by atoms with E-state index in [9.17, 15) is 14.7 Å². The second-order valence-corrected chi connectivity index (χ2v) is 5.67. The van der Waals surface area contributed by atoms with Gasteiger partial charge in [0.1, 0.15) is 0 Å². The Balaban J connectivity index is 2.17. The van der Waals surface area contributed by atoms with E-state index in [1.54, 1.807) is 12.1 Å². The Morgan fingerprint density at radius 1 is 1.26 bits per heavy atom. The van der Waals surface area contributed by atoms with Gasteiger partial charge in [-0.1, -0.05) is 38.1 Å². The molecule has 3 N–H and O–H groups in total. The maximum atomic E-state index is 11.7. The summed E-state index contributed by atoms with van der Waals surface area (Å²) in [6.45, 7) is 4.15. The molecular formula is C15H19NO3. The van der Waals surface area contributed by atoms with Crippen LogP contribution in [0.5, 0.6) is 0 Å². The van der Waals surface area contributed by atoms with Crippen LogP contribution in [0.3, 0.4) is 0 Å². The molecule has 1 aromatic carbocycles. The van der Waals surface area contributed by atoms with E-state index in [0.29, 0.717) is 11.5 Å². The molecule has 0 aliphatic heterocycles. The van der Waals surface area contributed by atoms with Crippen LogP contribution in [-0.4, -0.2) is 29.8 Å². The fourth-order valence-corrected chi connectivity index (χ4v) is 2.84. The van der Waals surface area contributed by atoms with Crippen LogP contribution in [0.4, 0.5) is 0 Å². The molecule has 0 radical (unpaired) electrons. The number of benzene rings is 1. The summed E-state index contributed by atoms with van der Waals surface area (Å²) in [6, 6.07) is 7.04. The van der Waals surface area contributed by atoms with E-state index in [4.69, 9.17) is 5.73 Å². The molecule has 0 saturated heterocycles. The maximum absolute atomic E-state index is 11.7. The van der Waals surface area contributed by atoms with Gasteiger partial charge in [-0.3, -0.25) is 9.59 Å². The lowest BCUT2D eigenvalue weighted by molar-refractivity contribution is -0.113. The number of carbonyl (C=O) groups is 2. The summed E-state index contributed by atoms with van der Waals surface area (Å²) in [5.74, 6) is -0.540. The molecule has 19 heavy (non-hydrogen) atoms. The summed E-state index contributed by atoms with van der Waals surface area (Å²) < 4.78 is 0. The third-order valence-electron chi connectivity index (χ3n) is 4.22. The van der Waals surface area contributed by atoms with Gasteiger partial charge in [0, 0.05) is 12.2 Å². The number of aliphatic hydroxyl groups excluding tert-OH is 1. The van der Waals surface area contributed by atoms with Crippen molar-refractivity contribution in [1.29, 1.82) is 0 Å². The fourth-order valence-electron chi connectivity index (χ4n) is 2.84. The van der Waals surface area contributed by atoms with Crippen molar-refractivity contribution in [2.24, 2.45) is 17.1 Å². The Labute approximate surface area is 112 Å². The second kappa shape index (κ2) is 4.87. The number of Topliss-reactive ketones (excluding diaryl/α,β-unsaturated/α-hetero) is 2. The molecule has 2 atom stereocenters. The minimum Gasteiger partial charge on any atom is -0.396 e. The Morgan fingerprint density at radius 2 is 1.84 bits per heavy atom. The van der Waals surface area contributed by atoms with Crippen LogP contribution in [0.25, 0.3) is 0 Å². The first-order valence-corrected chi connectivity index (χ1v) is 6.42. The molecule has 0 spiro atoms. The first-order chi connectivity index (χ1) is 8.93. The molecule has 1 aromatic rings. The lowest BCUT2D eigenvalue weighted by Gasteiger charge is -2.04. The van der Waals surface area contributed by atoms with Crippen LogP contribution in [-0.2, 0) is 4.79 Å². The molecule has 102 valence electrons. The fraction of sp³-hybridized carbons (Fsp3) is 0.467. The zero-order valence-electron chi connectivity index (χ0n) is 11.2. The topological polar surface area (TPSA) is 80.4 Å². The summed E-state index contributed by atoms with van der Waals surface area (Å²) in [7, 11) is 0. The number of nitrogens with two attached hydrogens (primary N) is 1. The Morgan fingerprint density at radius 3 is 2.26 bits per heavy atom. The molecule has 0 heterocycles. The molecule has 4 nitrogen and oxygen atoms in total. The Kier molecular flexibility index (Phi) is 3.56. The SMILES string of the molecule is CC1(C)[C@@H](CO)[C@@H]1c1ccc(C(=O)C(=O)CN)cc1. The van der Waals surface area contributed by atoms with Crippen molar-refractivity contribution in [2.75, 3.05) is 13.2 Å². The summed E-state index contributed by atoms with van der Waals surface area (Å²) in [4.78, 5) is 22.9. The molecule has 1 saturated carbocycles. The van der Waals surface area contributed by atoms with Gasteiger partial charge in [-0.2, -0.15) is 0 Å². The van der Waals surface area contributed by atoms with Crippen LogP contribution < -0.4 is 5.73 Å². The number of hydrogen-bond acceptors (Lipinski definition) is 4. The van der Waals surface area contributed by atoms with Gasteiger partial charge in [0.25, 0.3) is 0 Å². The number of rotatable bonds is 5. The number of carbonyl (C=O) groups excluding carboxylic acids is 2. The van der Waals surface area contributed by atoms with E-state index in [1.807, 2.05) is 12.1 Å². The third-order valence-corrected chi connectivity index (χ3v) is 4.22. The maximum Gasteiger partial charge on any atom is 0.229 e. The van der Waals surface area contributed by atoms with Crippen LogP contribution in [0.2, 0.25) is 0 Å². The van der Waals surface area contributed by atoms with E-state index in [-0.39, 0.29) is 24.5 Å². The zero-order valence-corrected chi connectivity index (χ0v) is 11.2. The average molecular weight is 261 g/mol. The van der Waals surface area contributed by atoms with E-state index < -0.39 is 11.6 Å². The average Bonchev–Trinajstić information content (AvgIpc) is 2.98. The molecule has 0 amide bonds. The van der Waals surface area contributed by atoms with Gasteiger partial charge < -0.3 is 10.8 Å². The van der Waals surface area contributed by atoms with E-state index in [0.717, 1.165) is 5.56 Å². The Hall–Kier alpha value is -1.52. The molecule has 1 aliphatic rings. The summed E-state index contributed by atoms with van der Waals surface area (Å²) >= 11 is 0. The second-order valence-electron chi connectivity index (χ2n) is 5.67. The van der Waals surface area contributed by atoms with Gasteiger partial charge >= 0.3 is 0 Å². The van der Waals surface area contributed by atoms with Crippen LogP contribution in [0.15, 0.2) is 24.3 Å². The van der Waals surface area contributed by atoms with Crippen molar-refractivity contribution in [3.05, 3.63) is 35.4 Å². The summed E-state index contributed by atoms with van der Waals surface area (Å²) in [6.07, 6.45) is 0. The highest BCUT2D eigenvalue weighted by Gasteiger charge is 2.57. The normalized spacial score (nSPS) is 24.0. The minimum atomic E-state index is -0.576. The lowest BCUT2D eigenvalue weighted by atomic mass is 10.00. The van der Waals surface area contributed by atoms with Crippen molar-refractivity contribution >= 4 is 11.6 Å². The van der Waals surface area contributed by atoms with E-state index >= 15 is 0 Å². The van der Waals surface area contributed by atoms with Gasteiger partial charge in [0.15, 0.2) is 0 Å². The molecule has 0 bridgehead atoms. The zero-order chi connectivity index (χ0) is 14.2. The third kappa shape index (κ3) is 2.33. The van der Waals surface area contributed by atoms with Crippen LogP contribution in [0, 0.1) is 11.3 Å². The van der Waals surface area contributed by atoms with Crippen LogP contribution >= 0.6 is 0 Å². The van der Waals surface area contributed by atoms with Crippen molar-refractivity contribution in [3.8, 4) is 0 Å². The van der Waals surface area contributed by atoms with E-state index in [2.05, 4.69) is 13.8 Å². The van der Waals surface area contributed by atoms with Crippen molar-refractivity contribution in [2.45, 2.75) is 19.8 Å². The van der Waals surface area contributed by atoms with Crippen LogP contribution in [0.1, 0.15) is 35.7 Å². The largest absolute Gasteiger partial charge is 0.396 e. The molecule has 0 unspecified atom stereocenters. The minimum absolute atomic E-state index is 0.0906. The Bertz CT molecular complexity index is 505. The highest BCUT2D eigenvalue weighted by Crippen LogP contribution is 2.63. The van der Waals surface area contributed by atoms with E-state index in [1.165, 1.54) is 0 Å². The summed E-state index contributed by atoms with van der Waals surface area (Å²) in [5.41, 5.74) is 6.73. The monoisotopic (exact) mass is 261 g/mol. The number of hydrogen-bond donors (Lipinski definition) is 2. The molecule has 1 aliphatic carbocycles. The summed E-state index contributed by atoms with van der Waals surface area (Å²) in [5, 5.41) is 9.31. The van der Waals surface area contributed by atoms with Crippen molar-refractivity contribution < 1.29 is 14.7 Å². The predicted molar refractivity (Wildman–Crippen MR) is 71.9 cm³/mol. The van der Waals surface area contributed by atoms with Gasteiger partial charge in [0.05, 0.1) is 6.54 Å². The molecule has 1 fully saturated rings. The number of ketones is 2. The molecule has 0 aromatic heterocycles.